The second kappa shape index (κ2) is 6.59. The van der Waals surface area contributed by atoms with Crippen LogP contribution >= 0.6 is 0 Å². The van der Waals surface area contributed by atoms with E-state index in [1.807, 2.05) is 0 Å². The molecule has 0 aliphatic carbocycles. The monoisotopic (exact) mass is 207 g/mol. The van der Waals surface area contributed by atoms with E-state index in [4.69, 9.17) is 4.74 Å². The van der Waals surface area contributed by atoms with Crippen molar-refractivity contribution in [3.05, 3.63) is 35.4 Å². The van der Waals surface area contributed by atoms with Crippen LogP contribution in [0.25, 0.3) is 0 Å². The number of benzene rings is 1. The molecule has 84 valence electrons. The smallest absolute Gasteiger partial charge is 0.0717 e. The molecule has 0 aliphatic heterocycles. The molecule has 0 bridgehead atoms. The molecule has 2 heteroatoms. The summed E-state index contributed by atoms with van der Waals surface area (Å²) < 4.78 is 5.55. The van der Waals surface area contributed by atoms with Gasteiger partial charge < -0.3 is 10.1 Å². The molecule has 0 spiro atoms. The Kier molecular flexibility index (Phi) is 5.37. The second-order valence-electron chi connectivity index (χ2n) is 4.15. The summed E-state index contributed by atoms with van der Waals surface area (Å²) in [7, 11) is 0. The standard InChI is InChI=1S/C13H21NO/c1-11(2)14-8-9-15-10-13-6-4-12(3)5-7-13/h4-7,11,14H,8-10H2,1-3H3. The predicted octanol–water partition coefficient (Wildman–Crippen LogP) is 2.51. The Morgan fingerprint density at radius 1 is 1.20 bits per heavy atom. The Morgan fingerprint density at radius 2 is 1.87 bits per heavy atom. The van der Waals surface area contributed by atoms with Gasteiger partial charge in [0.05, 0.1) is 13.2 Å². The van der Waals surface area contributed by atoms with Crippen LogP contribution in [0.2, 0.25) is 0 Å². The topological polar surface area (TPSA) is 21.3 Å². The van der Waals surface area contributed by atoms with Gasteiger partial charge in [0.25, 0.3) is 0 Å². The molecular weight excluding hydrogens is 186 g/mol. The van der Waals surface area contributed by atoms with Crippen LogP contribution < -0.4 is 5.32 Å². The normalized spacial score (nSPS) is 10.9. The summed E-state index contributed by atoms with van der Waals surface area (Å²) >= 11 is 0. The van der Waals surface area contributed by atoms with Gasteiger partial charge in [-0.25, -0.2) is 0 Å². The first-order valence-electron chi connectivity index (χ1n) is 5.55. The van der Waals surface area contributed by atoms with E-state index in [2.05, 4.69) is 50.4 Å². The van der Waals surface area contributed by atoms with Crippen LogP contribution in [0.3, 0.4) is 0 Å². The van der Waals surface area contributed by atoms with Crippen LogP contribution in [-0.4, -0.2) is 19.2 Å². The molecule has 0 saturated heterocycles. The van der Waals surface area contributed by atoms with Crippen molar-refractivity contribution in [1.29, 1.82) is 0 Å². The first-order chi connectivity index (χ1) is 7.18. The highest BCUT2D eigenvalue weighted by molar-refractivity contribution is 5.20. The highest BCUT2D eigenvalue weighted by Crippen LogP contribution is 2.03. The zero-order chi connectivity index (χ0) is 11.1. The number of aryl methyl sites for hydroxylation is 1. The lowest BCUT2D eigenvalue weighted by atomic mass is 10.2. The SMILES string of the molecule is Cc1ccc(COCCNC(C)C)cc1. The van der Waals surface area contributed by atoms with E-state index in [9.17, 15) is 0 Å². The maximum absolute atomic E-state index is 5.55. The molecule has 0 aromatic heterocycles. The van der Waals surface area contributed by atoms with Crippen molar-refractivity contribution in [1.82, 2.24) is 5.32 Å². The average molecular weight is 207 g/mol. The quantitative estimate of drug-likeness (QED) is 0.724. The summed E-state index contributed by atoms with van der Waals surface area (Å²) in [5, 5.41) is 3.32. The van der Waals surface area contributed by atoms with Crippen molar-refractivity contribution in [3.63, 3.8) is 0 Å². The van der Waals surface area contributed by atoms with Gasteiger partial charge in [0.1, 0.15) is 0 Å². The van der Waals surface area contributed by atoms with Crippen LogP contribution in [-0.2, 0) is 11.3 Å². The van der Waals surface area contributed by atoms with E-state index in [1.54, 1.807) is 0 Å². The predicted molar refractivity (Wildman–Crippen MR) is 64.0 cm³/mol. The summed E-state index contributed by atoms with van der Waals surface area (Å²) in [5.41, 5.74) is 2.53. The van der Waals surface area contributed by atoms with Crippen molar-refractivity contribution in [2.45, 2.75) is 33.4 Å². The third kappa shape index (κ3) is 5.55. The Bertz CT molecular complexity index is 266. The molecule has 0 atom stereocenters. The lowest BCUT2D eigenvalue weighted by molar-refractivity contribution is 0.121. The average Bonchev–Trinajstić information content (AvgIpc) is 2.20. The molecule has 0 radical (unpaired) electrons. The Labute approximate surface area is 92.6 Å². The number of rotatable bonds is 6. The molecule has 15 heavy (non-hydrogen) atoms. The molecule has 2 nitrogen and oxygen atoms in total. The van der Waals surface area contributed by atoms with Gasteiger partial charge in [0.15, 0.2) is 0 Å². The van der Waals surface area contributed by atoms with Crippen molar-refractivity contribution < 1.29 is 4.74 Å². The fraction of sp³-hybridized carbons (Fsp3) is 0.538. The highest BCUT2D eigenvalue weighted by atomic mass is 16.5. The van der Waals surface area contributed by atoms with E-state index in [-0.39, 0.29) is 0 Å². The molecular formula is C13H21NO. The first kappa shape index (κ1) is 12.2. The minimum absolute atomic E-state index is 0.535. The van der Waals surface area contributed by atoms with Crippen LogP contribution in [0.4, 0.5) is 0 Å². The van der Waals surface area contributed by atoms with Gasteiger partial charge in [-0.1, -0.05) is 43.7 Å². The zero-order valence-electron chi connectivity index (χ0n) is 9.92. The fourth-order valence-electron chi connectivity index (χ4n) is 1.29. The van der Waals surface area contributed by atoms with Crippen LogP contribution in [0, 0.1) is 6.92 Å². The summed E-state index contributed by atoms with van der Waals surface area (Å²) in [6.07, 6.45) is 0. The number of nitrogens with one attached hydrogen (secondary N) is 1. The number of ether oxygens (including phenoxy) is 1. The van der Waals surface area contributed by atoms with Gasteiger partial charge in [0, 0.05) is 12.6 Å². The minimum Gasteiger partial charge on any atom is -0.375 e. The third-order valence-corrected chi connectivity index (χ3v) is 2.19. The molecule has 1 rings (SSSR count). The lowest BCUT2D eigenvalue weighted by Gasteiger charge is -2.08. The summed E-state index contributed by atoms with van der Waals surface area (Å²) in [6.45, 7) is 8.77. The molecule has 1 aromatic rings. The molecule has 1 N–H and O–H groups in total. The van der Waals surface area contributed by atoms with Crippen molar-refractivity contribution in [2.24, 2.45) is 0 Å². The fourth-order valence-corrected chi connectivity index (χ4v) is 1.29. The Balaban J connectivity index is 2.12. The number of hydrogen-bond donors (Lipinski definition) is 1. The van der Waals surface area contributed by atoms with E-state index >= 15 is 0 Å². The third-order valence-electron chi connectivity index (χ3n) is 2.19. The summed E-state index contributed by atoms with van der Waals surface area (Å²) in [4.78, 5) is 0. The molecule has 0 heterocycles. The van der Waals surface area contributed by atoms with E-state index in [0.29, 0.717) is 12.6 Å². The summed E-state index contributed by atoms with van der Waals surface area (Å²) in [5.74, 6) is 0. The van der Waals surface area contributed by atoms with E-state index in [0.717, 1.165) is 13.2 Å². The molecule has 0 aliphatic rings. The molecule has 0 unspecified atom stereocenters. The van der Waals surface area contributed by atoms with Gasteiger partial charge in [-0.2, -0.15) is 0 Å². The lowest BCUT2D eigenvalue weighted by Crippen LogP contribution is -2.26. The maximum atomic E-state index is 5.55. The zero-order valence-corrected chi connectivity index (χ0v) is 9.92. The van der Waals surface area contributed by atoms with Crippen LogP contribution in [0.1, 0.15) is 25.0 Å². The van der Waals surface area contributed by atoms with Gasteiger partial charge in [-0.05, 0) is 12.5 Å². The van der Waals surface area contributed by atoms with Crippen molar-refractivity contribution in [2.75, 3.05) is 13.2 Å². The van der Waals surface area contributed by atoms with Gasteiger partial charge in [-0.15, -0.1) is 0 Å². The minimum atomic E-state index is 0.535. The van der Waals surface area contributed by atoms with E-state index < -0.39 is 0 Å². The second-order valence-corrected chi connectivity index (χ2v) is 4.15. The van der Waals surface area contributed by atoms with E-state index in [1.165, 1.54) is 11.1 Å². The van der Waals surface area contributed by atoms with Crippen LogP contribution in [0.15, 0.2) is 24.3 Å². The largest absolute Gasteiger partial charge is 0.375 e. The number of hydrogen-bond acceptors (Lipinski definition) is 2. The van der Waals surface area contributed by atoms with Crippen LogP contribution in [0.5, 0.6) is 0 Å². The van der Waals surface area contributed by atoms with Gasteiger partial charge in [-0.3, -0.25) is 0 Å². The van der Waals surface area contributed by atoms with Gasteiger partial charge >= 0.3 is 0 Å². The maximum Gasteiger partial charge on any atom is 0.0717 e. The Hall–Kier alpha value is -0.860. The summed E-state index contributed by atoms with van der Waals surface area (Å²) in [6, 6.07) is 9.00. The molecule has 0 saturated carbocycles. The first-order valence-corrected chi connectivity index (χ1v) is 5.55. The van der Waals surface area contributed by atoms with Crippen molar-refractivity contribution in [3.8, 4) is 0 Å². The molecule has 0 amide bonds. The van der Waals surface area contributed by atoms with Gasteiger partial charge in [0.2, 0.25) is 0 Å². The molecule has 1 aromatic carbocycles. The van der Waals surface area contributed by atoms with Crippen molar-refractivity contribution >= 4 is 0 Å². The Morgan fingerprint density at radius 3 is 2.47 bits per heavy atom. The highest BCUT2D eigenvalue weighted by Gasteiger charge is 1.94. The molecule has 0 fully saturated rings.